The summed E-state index contributed by atoms with van der Waals surface area (Å²) in [6, 6.07) is 19.5. The lowest BCUT2D eigenvalue weighted by Gasteiger charge is -2.19. The highest BCUT2D eigenvalue weighted by molar-refractivity contribution is 5.16. The zero-order valence-corrected chi connectivity index (χ0v) is 10.8. The molecular weight excluding hydrogens is 238 g/mol. The van der Waals surface area contributed by atoms with Crippen LogP contribution in [0.15, 0.2) is 60.7 Å². The molecule has 0 radical (unpaired) electrons. The summed E-state index contributed by atoms with van der Waals surface area (Å²) in [7, 11) is 0. The van der Waals surface area contributed by atoms with Crippen LogP contribution in [0.4, 0.5) is 0 Å². The molecule has 0 bridgehead atoms. The number of rotatable bonds is 6. The van der Waals surface area contributed by atoms with Crippen LogP contribution >= 0.6 is 0 Å². The fourth-order valence-corrected chi connectivity index (χ4v) is 2.05. The molecule has 0 aromatic heterocycles. The van der Waals surface area contributed by atoms with Crippen LogP contribution in [0.1, 0.15) is 11.1 Å². The fourth-order valence-electron chi connectivity index (χ4n) is 2.05. The van der Waals surface area contributed by atoms with Gasteiger partial charge < -0.3 is 10.3 Å². The van der Waals surface area contributed by atoms with Gasteiger partial charge in [-0.1, -0.05) is 60.7 Å². The minimum atomic E-state index is -0.573. The summed E-state index contributed by atoms with van der Waals surface area (Å²) in [5.74, 6) is 0. The molecule has 0 saturated heterocycles. The van der Waals surface area contributed by atoms with E-state index < -0.39 is 6.10 Å². The molecule has 3 nitrogen and oxygen atoms in total. The first-order valence-electron chi connectivity index (χ1n) is 6.44. The Kier molecular flexibility index (Phi) is 5.10. The molecule has 2 N–H and O–H groups in total. The van der Waals surface area contributed by atoms with Crippen LogP contribution in [0.25, 0.3) is 0 Å². The second kappa shape index (κ2) is 7.04. The Morgan fingerprint density at radius 1 is 0.842 bits per heavy atom. The van der Waals surface area contributed by atoms with Crippen molar-refractivity contribution in [3.63, 3.8) is 0 Å². The van der Waals surface area contributed by atoms with E-state index in [2.05, 4.69) is 0 Å². The van der Waals surface area contributed by atoms with E-state index in [0.29, 0.717) is 13.0 Å². The molecule has 2 aromatic rings. The van der Waals surface area contributed by atoms with Crippen molar-refractivity contribution in [2.24, 2.45) is 0 Å². The normalized spacial score (nSPS) is 12.6. The van der Waals surface area contributed by atoms with Crippen LogP contribution in [-0.2, 0) is 13.0 Å². The van der Waals surface area contributed by atoms with E-state index >= 15 is 0 Å². The van der Waals surface area contributed by atoms with Gasteiger partial charge >= 0.3 is 0 Å². The first-order valence-corrected chi connectivity index (χ1v) is 6.44. The molecule has 1 unspecified atom stereocenters. The van der Waals surface area contributed by atoms with Crippen LogP contribution in [0, 0.1) is 0 Å². The van der Waals surface area contributed by atoms with Gasteiger partial charge in [-0.25, -0.2) is 0 Å². The van der Waals surface area contributed by atoms with E-state index in [1.54, 1.807) is 0 Å². The molecule has 19 heavy (non-hydrogen) atoms. The molecule has 0 aliphatic heterocycles. The van der Waals surface area contributed by atoms with Gasteiger partial charge in [-0.15, -0.1) is 0 Å². The van der Waals surface area contributed by atoms with Gasteiger partial charge in [0.1, 0.15) is 0 Å². The highest BCUT2D eigenvalue weighted by Gasteiger charge is 2.10. The molecule has 0 aliphatic carbocycles. The van der Waals surface area contributed by atoms with E-state index in [9.17, 15) is 10.3 Å². The van der Waals surface area contributed by atoms with Crippen molar-refractivity contribution in [3.05, 3.63) is 71.8 Å². The van der Waals surface area contributed by atoms with Gasteiger partial charge in [0.15, 0.2) is 0 Å². The largest absolute Gasteiger partial charge is 0.391 e. The number of hydroxylamine groups is 2. The van der Waals surface area contributed by atoms with Crippen molar-refractivity contribution >= 4 is 0 Å². The zero-order chi connectivity index (χ0) is 13.5. The van der Waals surface area contributed by atoms with Crippen LogP contribution in [0.3, 0.4) is 0 Å². The van der Waals surface area contributed by atoms with Gasteiger partial charge in [-0.3, -0.25) is 0 Å². The maximum atomic E-state index is 9.95. The minimum Gasteiger partial charge on any atom is -0.391 e. The fraction of sp³-hybridized carbons (Fsp3) is 0.250. The average Bonchev–Trinajstić information content (AvgIpc) is 2.40. The zero-order valence-electron chi connectivity index (χ0n) is 10.8. The van der Waals surface area contributed by atoms with Crippen LogP contribution in [0.2, 0.25) is 0 Å². The summed E-state index contributed by atoms with van der Waals surface area (Å²) in [4.78, 5) is 0. The molecule has 0 heterocycles. The summed E-state index contributed by atoms with van der Waals surface area (Å²) in [6.45, 7) is 0.663. The molecule has 2 aromatic carbocycles. The van der Waals surface area contributed by atoms with Gasteiger partial charge in [0.05, 0.1) is 12.6 Å². The predicted octanol–water partition coefficient (Wildman–Crippen LogP) is 2.48. The number of aliphatic hydroxyl groups excluding tert-OH is 1. The van der Waals surface area contributed by atoms with E-state index in [0.717, 1.165) is 16.2 Å². The van der Waals surface area contributed by atoms with Crippen molar-refractivity contribution in [1.29, 1.82) is 0 Å². The quantitative estimate of drug-likeness (QED) is 0.781. The van der Waals surface area contributed by atoms with Crippen molar-refractivity contribution in [1.82, 2.24) is 5.06 Å². The highest BCUT2D eigenvalue weighted by atomic mass is 16.5. The molecule has 0 saturated carbocycles. The van der Waals surface area contributed by atoms with Gasteiger partial charge in [-0.05, 0) is 17.5 Å². The lowest BCUT2D eigenvalue weighted by molar-refractivity contribution is -0.120. The Balaban J connectivity index is 1.80. The maximum Gasteiger partial charge on any atom is 0.0730 e. The van der Waals surface area contributed by atoms with E-state index in [1.807, 2.05) is 60.7 Å². The van der Waals surface area contributed by atoms with Crippen molar-refractivity contribution in [2.45, 2.75) is 19.1 Å². The number of benzene rings is 2. The van der Waals surface area contributed by atoms with Gasteiger partial charge in [-0.2, -0.15) is 5.06 Å². The summed E-state index contributed by atoms with van der Waals surface area (Å²) >= 11 is 0. The van der Waals surface area contributed by atoms with Crippen LogP contribution < -0.4 is 0 Å². The van der Waals surface area contributed by atoms with Crippen LogP contribution in [-0.4, -0.2) is 28.0 Å². The predicted molar refractivity (Wildman–Crippen MR) is 74.8 cm³/mol. The minimum absolute atomic E-state index is 0.240. The molecule has 0 aliphatic rings. The number of aliphatic hydroxyl groups is 1. The van der Waals surface area contributed by atoms with Gasteiger partial charge in [0, 0.05) is 6.54 Å². The van der Waals surface area contributed by atoms with Gasteiger partial charge in [0.25, 0.3) is 0 Å². The van der Waals surface area contributed by atoms with E-state index in [4.69, 9.17) is 0 Å². The summed E-state index contributed by atoms with van der Waals surface area (Å²) in [5, 5.41) is 20.9. The molecule has 0 fully saturated rings. The molecule has 0 amide bonds. The monoisotopic (exact) mass is 257 g/mol. The molecule has 3 heteroatoms. The lowest BCUT2D eigenvalue weighted by atomic mass is 10.1. The van der Waals surface area contributed by atoms with Gasteiger partial charge in [0.2, 0.25) is 0 Å². The standard InChI is InChI=1S/C16H19NO2/c18-16(11-14-7-3-1-4-8-14)13-17(19)12-15-9-5-2-6-10-15/h1-10,16,18-19H,11-13H2. The SMILES string of the molecule is OC(Cc1ccccc1)CN(O)Cc1ccccc1. The Morgan fingerprint density at radius 3 is 1.95 bits per heavy atom. The third kappa shape index (κ3) is 4.83. The van der Waals surface area contributed by atoms with Crippen LogP contribution in [0.5, 0.6) is 0 Å². The molecule has 2 rings (SSSR count). The molecule has 1 atom stereocenters. The Hall–Kier alpha value is -1.68. The van der Waals surface area contributed by atoms with Crippen molar-refractivity contribution in [3.8, 4) is 0 Å². The third-order valence-electron chi connectivity index (χ3n) is 2.94. The summed E-state index contributed by atoms with van der Waals surface area (Å²) in [6.07, 6.45) is -0.0247. The molecule has 100 valence electrons. The molecule has 0 spiro atoms. The second-order valence-corrected chi connectivity index (χ2v) is 4.68. The Bertz CT molecular complexity index is 427. The second-order valence-electron chi connectivity index (χ2n) is 4.68. The Morgan fingerprint density at radius 2 is 1.37 bits per heavy atom. The third-order valence-corrected chi connectivity index (χ3v) is 2.94. The smallest absolute Gasteiger partial charge is 0.0730 e. The topological polar surface area (TPSA) is 43.7 Å². The van der Waals surface area contributed by atoms with E-state index in [1.165, 1.54) is 0 Å². The number of nitrogens with zero attached hydrogens (tertiary/aromatic N) is 1. The number of hydrogen-bond acceptors (Lipinski definition) is 3. The first kappa shape index (κ1) is 13.7. The first-order chi connectivity index (χ1) is 9.24. The summed E-state index contributed by atoms with van der Waals surface area (Å²) < 4.78 is 0. The van der Waals surface area contributed by atoms with Crippen molar-refractivity contribution < 1.29 is 10.3 Å². The Labute approximate surface area is 113 Å². The number of hydrogen-bond donors (Lipinski definition) is 2. The van der Waals surface area contributed by atoms with E-state index in [-0.39, 0.29) is 6.54 Å². The maximum absolute atomic E-state index is 9.95. The molecular formula is C16H19NO2. The highest BCUT2D eigenvalue weighted by Crippen LogP contribution is 2.06. The lowest BCUT2D eigenvalue weighted by Crippen LogP contribution is -2.30. The summed E-state index contributed by atoms with van der Waals surface area (Å²) in [5.41, 5.74) is 2.10. The van der Waals surface area contributed by atoms with Crippen molar-refractivity contribution in [2.75, 3.05) is 6.54 Å². The average molecular weight is 257 g/mol.